The second-order valence-electron chi connectivity index (χ2n) is 5.76. The standard InChI is InChI=1S/C18H24O3S.K/c1-3-5-8-14-10-7-11-15-13-18(22(19,20)21)16(9-6-4-2)12-17(14)15;/h7,10-13H,3-6,8-9H2,1-2H3,(H,19,20,21);/q;+1/p-1. The summed E-state index contributed by atoms with van der Waals surface area (Å²) in [5.74, 6) is 0. The molecule has 120 valence electrons. The minimum absolute atomic E-state index is 0. The van der Waals surface area contributed by atoms with Crippen LogP contribution in [0.25, 0.3) is 10.8 Å². The van der Waals surface area contributed by atoms with E-state index in [0.717, 1.165) is 42.9 Å². The number of aryl methyl sites for hydroxylation is 2. The molecule has 2 aromatic rings. The molecule has 0 aliphatic rings. The zero-order chi connectivity index (χ0) is 16.2. The van der Waals surface area contributed by atoms with Gasteiger partial charge in [-0.25, -0.2) is 8.42 Å². The Bertz CT molecular complexity index is 754. The Morgan fingerprint density at radius 1 is 0.957 bits per heavy atom. The molecule has 2 rings (SSSR count). The zero-order valence-electron chi connectivity index (χ0n) is 14.3. The van der Waals surface area contributed by atoms with Crippen molar-refractivity contribution in [1.29, 1.82) is 0 Å². The third kappa shape index (κ3) is 5.63. The van der Waals surface area contributed by atoms with Crippen molar-refractivity contribution in [2.45, 2.75) is 57.3 Å². The molecule has 0 N–H and O–H groups in total. The third-order valence-electron chi connectivity index (χ3n) is 4.02. The first-order valence-corrected chi connectivity index (χ1v) is 9.38. The van der Waals surface area contributed by atoms with Crippen LogP contribution in [0.1, 0.15) is 50.7 Å². The van der Waals surface area contributed by atoms with Crippen molar-refractivity contribution < 1.29 is 64.4 Å². The van der Waals surface area contributed by atoms with Crippen molar-refractivity contribution in [3.05, 3.63) is 41.5 Å². The topological polar surface area (TPSA) is 57.2 Å². The van der Waals surface area contributed by atoms with Crippen LogP contribution in [0, 0.1) is 0 Å². The van der Waals surface area contributed by atoms with Crippen LogP contribution in [0.4, 0.5) is 0 Å². The van der Waals surface area contributed by atoms with Gasteiger partial charge in [-0.15, -0.1) is 0 Å². The molecule has 0 bridgehead atoms. The van der Waals surface area contributed by atoms with E-state index in [0.29, 0.717) is 12.0 Å². The van der Waals surface area contributed by atoms with Gasteiger partial charge >= 0.3 is 51.4 Å². The van der Waals surface area contributed by atoms with Gasteiger partial charge in [0.15, 0.2) is 0 Å². The second kappa shape index (κ2) is 9.66. The van der Waals surface area contributed by atoms with Crippen LogP contribution < -0.4 is 51.4 Å². The molecule has 0 fully saturated rings. The quantitative estimate of drug-likeness (QED) is 0.556. The van der Waals surface area contributed by atoms with Crippen molar-refractivity contribution in [1.82, 2.24) is 0 Å². The molecule has 0 unspecified atom stereocenters. The summed E-state index contributed by atoms with van der Waals surface area (Å²) in [6, 6.07) is 9.37. The zero-order valence-corrected chi connectivity index (χ0v) is 18.2. The van der Waals surface area contributed by atoms with E-state index < -0.39 is 10.1 Å². The molecule has 0 atom stereocenters. The maximum absolute atomic E-state index is 11.6. The molecule has 0 aliphatic heterocycles. The average molecular weight is 359 g/mol. The van der Waals surface area contributed by atoms with Gasteiger partial charge in [-0.3, -0.25) is 0 Å². The predicted octanol–water partition coefficient (Wildman–Crippen LogP) is 1.43. The fourth-order valence-corrected chi connectivity index (χ4v) is 3.55. The molecule has 0 aliphatic carbocycles. The van der Waals surface area contributed by atoms with Crippen LogP contribution in [-0.2, 0) is 23.0 Å². The molecule has 0 aromatic heterocycles. The van der Waals surface area contributed by atoms with E-state index in [9.17, 15) is 13.0 Å². The molecule has 0 spiro atoms. The smallest absolute Gasteiger partial charge is 0.744 e. The van der Waals surface area contributed by atoms with Crippen LogP contribution in [0.3, 0.4) is 0 Å². The van der Waals surface area contributed by atoms with Gasteiger partial charge in [0, 0.05) is 0 Å². The van der Waals surface area contributed by atoms with Crippen molar-refractivity contribution in [3.63, 3.8) is 0 Å². The first-order valence-electron chi connectivity index (χ1n) is 7.97. The third-order valence-corrected chi connectivity index (χ3v) is 4.94. The first-order chi connectivity index (χ1) is 10.5. The Morgan fingerprint density at radius 3 is 2.13 bits per heavy atom. The summed E-state index contributed by atoms with van der Waals surface area (Å²) < 4.78 is 34.7. The molecule has 3 nitrogen and oxygen atoms in total. The average Bonchev–Trinajstić information content (AvgIpc) is 2.49. The van der Waals surface area contributed by atoms with E-state index in [1.165, 1.54) is 5.56 Å². The number of hydrogen-bond acceptors (Lipinski definition) is 3. The summed E-state index contributed by atoms with van der Waals surface area (Å²) in [7, 11) is -4.44. The molecule has 0 saturated carbocycles. The monoisotopic (exact) mass is 358 g/mol. The largest absolute Gasteiger partial charge is 1.00 e. The van der Waals surface area contributed by atoms with Crippen molar-refractivity contribution in [2.24, 2.45) is 0 Å². The fraction of sp³-hybridized carbons (Fsp3) is 0.444. The Morgan fingerprint density at radius 2 is 1.57 bits per heavy atom. The number of rotatable bonds is 7. The molecule has 0 radical (unpaired) electrons. The Balaban J connectivity index is 0.00000264. The minimum Gasteiger partial charge on any atom is -0.744 e. The predicted molar refractivity (Wildman–Crippen MR) is 89.1 cm³/mol. The SMILES string of the molecule is CCCCc1cc2c(CCCC)cccc2cc1S(=O)(=O)[O-].[K+]. The maximum atomic E-state index is 11.6. The number of hydrogen-bond donors (Lipinski definition) is 0. The molecular weight excluding hydrogens is 335 g/mol. The number of benzene rings is 2. The van der Waals surface area contributed by atoms with E-state index in [1.54, 1.807) is 6.07 Å². The summed E-state index contributed by atoms with van der Waals surface area (Å²) in [5.41, 5.74) is 1.89. The maximum Gasteiger partial charge on any atom is 1.00 e. The minimum atomic E-state index is -4.44. The Hall–Kier alpha value is 0.246. The van der Waals surface area contributed by atoms with E-state index in [-0.39, 0.29) is 56.3 Å². The fourth-order valence-electron chi connectivity index (χ4n) is 2.79. The van der Waals surface area contributed by atoms with Gasteiger partial charge in [-0.05, 0) is 59.7 Å². The van der Waals surface area contributed by atoms with Crippen LogP contribution in [0.15, 0.2) is 35.2 Å². The van der Waals surface area contributed by atoms with Crippen molar-refractivity contribution in [2.75, 3.05) is 0 Å². The molecular formula is C18H23KO3S. The van der Waals surface area contributed by atoms with Crippen LogP contribution >= 0.6 is 0 Å². The number of unbranched alkanes of at least 4 members (excludes halogenated alkanes) is 2. The van der Waals surface area contributed by atoms with Crippen LogP contribution in [-0.4, -0.2) is 13.0 Å². The molecule has 2 aromatic carbocycles. The van der Waals surface area contributed by atoms with Crippen LogP contribution in [0.2, 0.25) is 0 Å². The van der Waals surface area contributed by atoms with E-state index >= 15 is 0 Å². The molecule has 5 heteroatoms. The van der Waals surface area contributed by atoms with Crippen molar-refractivity contribution >= 4 is 20.9 Å². The van der Waals surface area contributed by atoms with Gasteiger partial charge in [0.25, 0.3) is 0 Å². The normalized spacial score (nSPS) is 11.4. The molecule has 0 heterocycles. The summed E-state index contributed by atoms with van der Waals surface area (Å²) >= 11 is 0. The van der Waals surface area contributed by atoms with E-state index in [2.05, 4.69) is 19.9 Å². The Labute approximate surface area is 182 Å². The van der Waals surface area contributed by atoms with Gasteiger partial charge < -0.3 is 4.55 Å². The van der Waals surface area contributed by atoms with Gasteiger partial charge in [0.05, 0.1) is 4.90 Å². The van der Waals surface area contributed by atoms with Gasteiger partial charge in [0.2, 0.25) is 0 Å². The summed E-state index contributed by atoms with van der Waals surface area (Å²) in [6.45, 7) is 4.21. The first kappa shape index (κ1) is 21.3. The molecule has 23 heavy (non-hydrogen) atoms. The summed E-state index contributed by atoms with van der Waals surface area (Å²) in [5, 5.41) is 1.91. The molecule has 0 saturated heterocycles. The van der Waals surface area contributed by atoms with Gasteiger partial charge in [-0.2, -0.15) is 0 Å². The van der Waals surface area contributed by atoms with Crippen molar-refractivity contribution in [3.8, 4) is 0 Å². The number of fused-ring (bicyclic) bond motifs is 1. The Kier molecular flexibility index (Phi) is 8.94. The van der Waals surface area contributed by atoms with Crippen LogP contribution in [0.5, 0.6) is 0 Å². The van der Waals surface area contributed by atoms with E-state index in [4.69, 9.17) is 0 Å². The van der Waals surface area contributed by atoms with Gasteiger partial charge in [0.1, 0.15) is 10.1 Å². The summed E-state index contributed by atoms with van der Waals surface area (Å²) in [6.07, 6.45) is 5.67. The summed E-state index contributed by atoms with van der Waals surface area (Å²) in [4.78, 5) is -0.0545. The second-order valence-corrected chi connectivity index (χ2v) is 7.11. The molecule has 0 amide bonds. The van der Waals surface area contributed by atoms with E-state index in [1.807, 2.05) is 18.2 Å². The van der Waals surface area contributed by atoms with Gasteiger partial charge in [-0.1, -0.05) is 44.9 Å².